The van der Waals surface area contributed by atoms with Gasteiger partial charge in [-0.25, -0.2) is 0 Å². The van der Waals surface area contributed by atoms with Crippen molar-refractivity contribution in [3.05, 3.63) is 59.7 Å². The van der Waals surface area contributed by atoms with E-state index in [4.69, 9.17) is 5.73 Å². The molecule has 4 N–H and O–H groups in total. The first-order valence-corrected chi connectivity index (χ1v) is 6.86. The van der Waals surface area contributed by atoms with Gasteiger partial charge in [0.15, 0.2) is 0 Å². The van der Waals surface area contributed by atoms with Crippen molar-refractivity contribution in [3.63, 3.8) is 0 Å². The summed E-state index contributed by atoms with van der Waals surface area (Å²) in [6.45, 7) is 0. The number of hydrogen-bond acceptors (Lipinski definition) is 3. The van der Waals surface area contributed by atoms with Gasteiger partial charge in [0.1, 0.15) is 0 Å². The molecule has 0 aliphatic rings. The lowest BCUT2D eigenvalue weighted by molar-refractivity contribution is -0.137. The Morgan fingerprint density at radius 2 is 1.40 bits per heavy atom. The molecule has 0 bridgehead atoms. The van der Waals surface area contributed by atoms with Gasteiger partial charge in [0.25, 0.3) is 0 Å². The van der Waals surface area contributed by atoms with Crippen molar-refractivity contribution in [2.45, 2.75) is 6.18 Å². The maximum Gasteiger partial charge on any atom is 0.416 e. The van der Waals surface area contributed by atoms with Gasteiger partial charge < -0.3 is 16.4 Å². The number of halogens is 3. The lowest BCUT2D eigenvalue weighted by Crippen LogP contribution is -2.29. The lowest BCUT2D eigenvalue weighted by atomic mass is 10.2. The summed E-state index contributed by atoms with van der Waals surface area (Å²) in [5, 5.41) is 4.33. The fourth-order valence-corrected chi connectivity index (χ4v) is 1.87. The minimum Gasteiger partial charge on any atom is -0.366 e. The highest BCUT2D eigenvalue weighted by Gasteiger charge is 2.30. The van der Waals surface area contributed by atoms with E-state index in [-0.39, 0.29) is 16.9 Å². The number of hydrogen-bond donors (Lipinski definition) is 3. The van der Waals surface area contributed by atoms with Crippen LogP contribution in [0.5, 0.6) is 0 Å². The smallest absolute Gasteiger partial charge is 0.366 e. The Morgan fingerprint density at radius 3 is 1.92 bits per heavy atom. The third kappa shape index (κ3) is 4.80. The van der Waals surface area contributed by atoms with Crippen LogP contribution in [0.2, 0.25) is 0 Å². The number of primary amides is 1. The van der Waals surface area contributed by atoms with Crippen LogP contribution in [0.1, 0.15) is 15.9 Å². The largest absolute Gasteiger partial charge is 0.416 e. The number of amides is 3. The summed E-state index contributed by atoms with van der Waals surface area (Å²) in [7, 11) is 0. The normalized spacial score (nSPS) is 10.8. The van der Waals surface area contributed by atoms with Crippen LogP contribution in [0, 0.1) is 0 Å². The monoisotopic (exact) mass is 351 g/mol. The van der Waals surface area contributed by atoms with Gasteiger partial charge in [-0.1, -0.05) is 6.07 Å². The van der Waals surface area contributed by atoms with Gasteiger partial charge in [-0.3, -0.25) is 14.4 Å². The molecule has 0 unspecified atom stereocenters. The van der Waals surface area contributed by atoms with E-state index in [0.717, 1.165) is 12.1 Å². The molecule has 0 aromatic heterocycles. The van der Waals surface area contributed by atoms with Gasteiger partial charge in [0, 0.05) is 16.9 Å². The maximum absolute atomic E-state index is 12.6. The van der Waals surface area contributed by atoms with Crippen molar-refractivity contribution in [1.82, 2.24) is 0 Å². The minimum absolute atomic E-state index is 0.168. The fraction of sp³-hybridized carbons (Fsp3) is 0.0625. The van der Waals surface area contributed by atoms with Gasteiger partial charge in [-0.2, -0.15) is 13.2 Å². The maximum atomic E-state index is 12.6. The number of carbonyl (C=O) groups is 3. The molecule has 0 saturated heterocycles. The van der Waals surface area contributed by atoms with Gasteiger partial charge >= 0.3 is 18.0 Å². The molecule has 9 heteroatoms. The van der Waals surface area contributed by atoms with E-state index < -0.39 is 29.5 Å². The predicted octanol–water partition coefficient (Wildman–Crippen LogP) is 2.38. The zero-order valence-corrected chi connectivity index (χ0v) is 12.6. The van der Waals surface area contributed by atoms with E-state index in [2.05, 4.69) is 10.6 Å². The highest BCUT2D eigenvalue weighted by molar-refractivity contribution is 6.43. The van der Waals surface area contributed by atoms with Gasteiger partial charge in [-0.05, 0) is 42.5 Å². The number of rotatable bonds is 3. The third-order valence-corrected chi connectivity index (χ3v) is 3.08. The van der Waals surface area contributed by atoms with Gasteiger partial charge in [-0.15, -0.1) is 0 Å². The SMILES string of the molecule is NC(=O)c1ccc(NC(=O)C(=O)Nc2cccc(C(F)(F)F)c2)cc1. The van der Waals surface area contributed by atoms with Crippen LogP contribution in [0.25, 0.3) is 0 Å². The molecular formula is C16H12F3N3O3. The molecule has 0 spiro atoms. The Balaban J connectivity index is 2.03. The highest BCUT2D eigenvalue weighted by Crippen LogP contribution is 2.30. The van der Waals surface area contributed by atoms with Crippen molar-refractivity contribution >= 4 is 29.1 Å². The average molecular weight is 351 g/mol. The highest BCUT2D eigenvalue weighted by atomic mass is 19.4. The molecule has 0 fully saturated rings. The second-order valence-corrected chi connectivity index (χ2v) is 4.93. The molecular weight excluding hydrogens is 339 g/mol. The Kier molecular flexibility index (Phi) is 5.06. The molecule has 2 rings (SSSR count). The average Bonchev–Trinajstić information content (AvgIpc) is 2.54. The fourth-order valence-electron chi connectivity index (χ4n) is 1.87. The van der Waals surface area contributed by atoms with Crippen molar-refractivity contribution in [2.75, 3.05) is 10.6 Å². The standard InChI is InChI=1S/C16H12F3N3O3/c17-16(18,19)10-2-1-3-12(8-10)22-15(25)14(24)21-11-6-4-9(5-7-11)13(20)23/h1-8H,(H2,20,23)(H,21,24)(H,22,25). The van der Waals surface area contributed by atoms with E-state index in [1.807, 2.05) is 0 Å². The Labute approximate surface area is 139 Å². The predicted molar refractivity (Wildman–Crippen MR) is 83.7 cm³/mol. The summed E-state index contributed by atoms with van der Waals surface area (Å²) in [6, 6.07) is 9.31. The molecule has 0 atom stereocenters. The second kappa shape index (κ2) is 7.04. The molecule has 0 radical (unpaired) electrons. The van der Waals surface area contributed by atoms with Crippen LogP contribution in [0.3, 0.4) is 0 Å². The van der Waals surface area contributed by atoms with Crippen LogP contribution >= 0.6 is 0 Å². The van der Waals surface area contributed by atoms with Crippen LogP contribution in [0.4, 0.5) is 24.5 Å². The number of benzene rings is 2. The van der Waals surface area contributed by atoms with Gasteiger partial charge in [0.05, 0.1) is 5.56 Å². The van der Waals surface area contributed by atoms with Crippen molar-refractivity contribution in [2.24, 2.45) is 5.73 Å². The topological polar surface area (TPSA) is 101 Å². The first-order chi connectivity index (χ1) is 11.7. The van der Waals surface area contributed by atoms with Crippen molar-refractivity contribution in [1.29, 1.82) is 0 Å². The molecule has 0 aliphatic carbocycles. The Bertz CT molecular complexity index is 817. The van der Waals surface area contributed by atoms with E-state index in [9.17, 15) is 27.6 Å². The lowest BCUT2D eigenvalue weighted by Gasteiger charge is -2.10. The number of carbonyl (C=O) groups excluding carboxylic acids is 3. The van der Waals surface area contributed by atoms with E-state index >= 15 is 0 Å². The molecule has 0 saturated carbocycles. The molecule has 6 nitrogen and oxygen atoms in total. The summed E-state index contributed by atoms with van der Waals surface area (Å²) < 4.78 is 37.8. The summed E-state index contributed by atoms with van der Waals surface area (Å²) in [6.07, 6.45) is -4.56. The quantitative estimate of drug-likeness (QED) is 0.740. The van der Waals surface area contributed by atoms with E-state index in [1.54, 1.807) is 0 Å². The third-order valence-electron chi connectivity index (χ3n) is 3.08. The van der Waals surface area contributed by atoms with Crippen LogP contribution in [0.15, 0.2) is 48.5 Å². The molecule has 0 aliphatic heterocycles. The first kappa shape index (κ1) is 18.0. The Morgan fingerprint density at radius 1 is 0.840 bits per heavy atom. The van der Waals surface area contributed by atoms with E-state index in [1.165, 1.54) is 30.3 Å². The summed E-state index contributed by atoms with van der Waals surface area (Å²) in [4.78, 5) is 34.5. The van der Waals surface area contributed by atoms with E-state index in [0.29, 0.717) is 6.07 Å². The van der Waals surface area contributed by atoms with Crippen molar-refractivity contribution < 1.29 is 27.6 Å². The molecule has 2 aromatic rings. The summed E-state index contributed by atoms with van der Waals surface area (Å²) >= 11 is 0. The van der Waals surface area contributed by atoms with Crippen molar-refractivity contribution in [3.8, 4) is 0 Å². The summed E-state index contributed by atoms with van der Waals surface area (Å²) in [5.41, 5.74) is 4.38. The first-order valence-electron chi connectivity index (χ1n) is 6.86. The molecule has 3 amide bonds. The zero-order valence-electron chi connectivity index (χ0n) is 12.6. The van der Waals surface area contributed by atoms with Crippen LogP contribution in [-0.4, -0.2) is 17.7 Å². The second-order valence-electron chi connectivity index (χ2n) is 4.93. The van der Waals surface area contributed by atoms with Crippen LogP contribution < -0.4 is 16.4 Å². The molecule has 2 aromatic carbocycles. The zero-order chi connectivity index (χ0) is 18.6. The molecule has 130 valence electrons. The number of nitrogens with two attached hydrogens (primary N) is 1. The number of nitrogens with one attached hydrogen (secondary N) is 2. The number of anilines is 2. The van der Waals surface area contributed by atoms with Gasteiger partial charge in [0.2, 0.25) is 5.91 Å². The number of alkyl halides is 3. The molecule has 25 heavy (non-hydrogen) atoms. The van der Waals surface area contributed by atoms with Crippen LogP contribution in [-0.2, 0) is 15.8 Å². The Hall–Kier alpha value is -3.36. The minimum atomic E-state index is -4.56. The summed E-state index contributed by atoms with van der Waals surface area (Å²) in [5.74, 6) is -2.87. The molecule has 0 heterocycles.